The Labute approximate surface area is 101 Å². The average Bonchev–Trinajstić information content (AvgIpc) is 2.39. The second kappa shape index (κ2) is 4.38. The van der Waals surface area contributed by atoms with Gasteiger partial charge in [0.15, 0.2) is 0 Å². The Kier molecular flexibility index (Phi) is 2.73. The highest BCUT2D eigenvalue weighted by Gasteiger charge is 2.20. The zero-order chi connectivity index (χ0) is 11.7. The molecule has 0 unspecified atom stereocenters. The molecule has 2 aromatic rings. The van der Waals surface area contributed by atoms with Crippen molar-refractivity contribution in [2.75, 3.05) is 13.1 Å². The summed E-state index contributed by atoms with van der Waals surface area (Å²) in [4.78, 5) is 0. The lowest BCUT2D eigenvalue weighted by Gasteiger charge is -2.25. The Balaban J connectivity index is 2.15. The number of aromatic hydroxyl groups is 1. The number of phenols is 1. The molecule has 0 aromatic heterocycles. The molecule has 1 heterocycles. The van der Waals surface area contributed by atoms with Crippen LogP contribution in [0.3, 0.4) is 0 Å². The minimum absolute atomic E-state index is 0.454. The number of nitrogens with one attached hydrogen (secondary N) is 1. The standard InChI is InChI=1S/C15H17NO/c17-14-6-5-11-3-1-2-4-13(11)15(14)12-7-9-16-10-8-12/h1-6,12,16-17H,7-10H2. The lowest BCUT2D eigenvalue weighted by molar-refractivity contribution is 0.427. The number of fused-ring (bicyclic) bond motifs is 1. The first-order valence-electron chi connectivity index (χ1n) is 6.27. The molecule has 1 fully saturated rings. The Morgan fingerprint density at radius 2 is 1.76 bits per heavy atom. The van der Waals surface area contributed by atoms with Crippen molar-refractivity contribution in [3.63, 3.8) is 0 Å². The summed E-state index contributed by atoms with van der Waals surface area (Å²) < 4.78 is 0. The molecule has 1 aliphatic heterocycles. The highest BCUT2D eigenvalue weighted by Crippen LogP contribution is 2.37. The van der Waals surface area contributed by atoms with Gasteiger partial charge in [0, 0.05) is 5.56 Å². The smallest absolute Gasteiger partial charge is 0.119 e. The molecule has 88 valence electrons. The molecule has 1 aliphatic rings. The third kappa shape index (κ3) is 1.89. The van der Waals surface area contributed by atoms with E-state index in [0.717, 1.165) is 31.5 Å². The molecule has 17 heavy (non-hydrogen) atoms. The van der Waals surface area contributed by atoms with E-state index in [4.69, 9.17) is 0 Å². The predicted molar refractivity (Wildman–Crippen MR) is 70.5 cm³/mol. The molecule has 0 saturated carbocycles. The topological polar surface area (TPSA) is 32.3 Å². The van der Waals surface area contributed by atoms with Gasteiger partial charge in [-0.1, -0.05) is 30.3 Å². The Hall–Kier alpha value is -1.54. The monoisotopic (exact) mass is 227 g/mol. The molecule has 2 heteroatoms. The predicted octanol–water partition coefficient (Wildman–Crippen LogP) is 3.01. The van der Waals surface area contributed by atoms with Crippen LogP contribution >= 0.6 is 0 Å². The molecule has 0 atom stereocenters. The summed E-state index contributed by atoms with van der Waals surface area (Å²) in [7, 11) is 0. The van der Waals surface area contributed by atoms with Crippen LogP contribution in [0.2, 0.25) is 0 Å². The number of rotatable bonds is 1. The van der Waals surface area contributed by atoms with E-state index in [0.29, 0.717) is 11.7 Å². The zero-order valence-electron chi connectivity index (χ0n) is 9.82. The summed E-state index contributed by atoms with van der Waals surface area (Å²) in [5.41, 5.74) is 1.14. The van der Waals surface area contributed by atoms with E-state index < -0.39 is 0 Å². The van der Waals surface area contributed by atoms with Gasteiger partial charge in [0.2, 0.25) is 0 Å². The number of piperidine rings is 1. The van der Waals surface area contributed by atoms with Crippen LogP contribution in [0.5, 0.6) is 5.75 Å². The maximum absolute atomic E-state index is 10.1. The molecule has 0 spiro atoms. The van der Waals surface area contributed by atoms with Crippen molar-refractivity contribution >= 4 is 10.8 Å². The fourth-order valence-electron chi connectivity index (χ4n) is 2.82. The first kappa shape index (κ1) is 10.6. The summed E-state index contributed by atoms with van der Waals surface area (Å²) >= 11 is 0. The van der Waals surface area contributed by atoms with Crippen molar-refractivity contribution in [3.05, 3.63) is 42.0 Å². The van der Waals surface area contributed by atoms with Crippen LogP contribution in [0.1, 0.15) is 24.3 Å². The first-order chi connectivity index (χ1) is 8.36. The SMILES string of the molecule is Oc1ccc2ccccc2c1C1CCNCC1. The number of phenolic OH excluding ortho intramolecular Hbond substituents is 1. The maximum Gasteiger partial charge on any atom is 0.119 e. The molecule has 2 nitrogen and oxygen atoms in total. The molecular formula is C15H17NO. The molecule has 0 aliphatic carbocycles. The van der Waals surface area contributed by atoms with Gasteiger partial charge < -0.3 is 10.4 Å². The van der Waals surface area contributed by atoms with Gasteiger partial charge in [-0.05, 0) is 48.7 Å². The molecule has 2 N–H and O–H groups in total. The second-order valence-corrected chi connectivity index (χ2v) is 4.74. The van der Waals surface area contributed by atoms with Crippen molar-refractivity contribution in [3.8, 4) is 5.75 Å². The van der Waals surface area contributed by atoms with Crippen LogP contribution in [0, 0.1) is 0 Å². The maximum atomic E-state index is 10.1. The molecule has 2 aromatic carbocycles. The largest absolute Gasteiger partial charge is 0.508 e. The lowest BCUT2D eigenvalue weighted by Crippen LogP contribution is -2.26. The number of benzene rings is 2. The summed E-state index contributed by atoms with van der Waals surface area (Å²) in [5, 5.41) is 15.9. The van der Waals surface area contributed by atoms with Crippen LogP contribution in [0.25, 0.3) is 10.8 Å². The molecule has 0 radical (unpaired) electrons. The van der Waals surface area contributed by atoms with Crippen LogP contribution in [0.4, 0.5) is 0 Å². The Morgan fingerprint density at radius 3 is 2.59 bits per heavy atom. The van der Waals surface area contributed by atoms with E-state index in [1.807, 2.05) is 24.3 Å². The third-order valence-corrected chi connectivity index (χ3v) is 3.70. The van der Waals surface area contributed by atoms with Gasteiger partial charge in [0.05, 0.1) is 0 Å². The Morgan fingerprint density at radius 1 is 1.00 bits per heavy atom. The summed E-state index contributed by atoms with van der Waals surface area (Å²) in [6.07, 6.45) is 2.23. The van der Waals surface area contributed by atoms with Crippen molar-refractivity contribution in [1.82, 2.24) is 5.32 Å². The molecule has 3 rings (SSSR count). The quantitative estimate of drug-likeness (QED) is 0.785. The van der Waals surface area contributed by atoms with Crippen molar-refractivity contribution in [1.29, 1.82) is 0 Å². The van der Waals surface area contributed by atoms with Crippen LogP contribution in [-0.4, -0.2) is 18.2 Å². The third-order valence-electron chi connectivity index (χ3n) is 3.70. The summed E-state index contributed by atoms with van der Waals surface area (Å²) in [5.74, 6) is 0.943. The van der Waals surface area contributed by atoms with Gasteiger partial charge >= 0.3 is 0 Å². The number of hydrogen-bond donors (Lipinski definition) is 2. The van der Waals surface area contributed by atoms with Crippen LogP contribution < -0.4 is 5.32 Å². The van der Waals surface area contributed by atoms with E-state index in [9.17, 15) is 5.11 Å². The zero-order valence-corrected chi connectivity index (χ0v) is 9.82. The molecule has 1 saturated heterocycles. The summed E-state index contributed by atoms with van der Waals surface area (Å²) in [6.45, 7) is 2.10. The minimum atomic E-state index is 0.454. The van der Waals surface area contributed by atoms with E-state index in [1.54, 1.807) is 0 Å². The van der Waals surface area contributed by atoms with Gasteiger partial charge in [-0.3, -0.25) is 0 Å². The van der Waals surface area contributed by atoms with Crippen LogP contribution in [0.15, 0.2) is 36.4 Å². The van der Waals surface area contributed by atoms with E-state index in [-0.39, 0.29) is 0 Å². The summed E-state index contributed by atoms with van der Waals surface area (Å²) in [6, 6.07) is 12.2. The lowest BCUT2D eigenvalue weighted by atomic mass is 9.86. The first-order valence-corrected chi connectivity index (χ1v) is 6.27. The van der Waals surface area contributed by atoms with Crippen LogP contribution in [-0.2, 0) is 0 Å². The van der Waals surface area contributed by atoms with Gasteiger partial charge in [0.25, 0.3) is 0 Å². The highest BCUT2D eigenvalue weighted by atomic mass is 16.3. The fourth-order valence-corrected chi connectivity index (χ4v) is 2.82. The Bertz CT molecular complexity index is 529. The van der Waals surface area contributed by atoms with Gasteiger partial charge in [-0.2, -0.15) is 0 Å². The van der Waals surface area contributed by atoms with E-state index in [2.05, 4.69) is 17.4 Å². The minimum Gasteiger partial charge on any atom is -0.508 e. The van der Waals surface area contributed by atoms with E-state index in [1.165, 1.54) is 10.8 Å². The molecular weight excluding hydrogens is 210 g/mol. The number of hydrogen-bond acceptors (Lipinski definition) is 2. The van der Waals surface area contributed by atoms with Crippen molar-refractivity contribution in [2.24, 2.45) is 0 Å². The van der Waals surface area contributed by atoms with Gasteiger partial charge in [0.1, 0.15) is 5.75 Å². The highest BCUT2D eigenvalue weighted by molar-refractivity contribution is 5.88. The fraction of sp³-hybridized carbons (Fsp3) is 0.333. The molecule has 0 amide bonds. The van der Waals surface area contributed by atoms with Gasteiger partial charge in [-0.15, -0.1) is 0 Å². The van der Waals surface area contributed by atoms with Gasteiger partial charge in [-0.25, -0.2) is 0 Å². The van der Waals surface area contributed by atoms with E-state index >= 15 is 0 Å². The van der Waals surface area contributed by atoms with Crippen molar-refractivity contribution in [2.45, 2.75) is 18.8 Å². The normalized spacial score (nSPS) is 17.4. The second-order valence-electron chi connectivity index (χ2n) is 4.74. The molecule has 0 bridgehead atoms. The average molecular weight is 227 g/mol. The van der Waals surface area contributed by atoms with Crippen molar-refractivity contribution < 1.29 is 5.11 Å².